The average molecular weight is 533 g/mol. The molecule has 38 heavy (non-hydrogen) atoms. The molecule has 1 unspecified atom stereocenters. The van der Waals surface area contributed by atoms with E-state index in [0.717, 1.165) is 29.8 Å². The number of amides is 1. The molecule has 1 amide bonds. The largest absolute Gasteiger partial charge is 0.451 e. The van der Waals surface area contributed by atoms with Crippen LogP contribution in [0.25, 0.3) is 11.3 Å². The molecule has 2 heterocycles. The van der Waals surface area contributed by atoms with Crippen molar-refractivity contribution in [1.29, 1.82) is 5.26 Å². The third kappa shape index (κ3) is 6.22. The SMILES string of the molecule is N#Cc1ccc(CCNC(=O)C2CCCN2c2cc(-c3ccc(C(F)(F)F)cc3)nc(C(F)(F)F)n2)cc1. The Morgan fingerprint density at radius 3 is 2.29 bits per heavy atom. The minimum Gasteiger partial charge on any atom is -0.354 e. The molecule has 0 aliphatic carbocycles. The van der Waals surface area contributed by atoms with Gasteiger partial charge < -0.3 is 10.2 Å². The van der Waals surface area contributed by atoms with Crippen LogP contribution >= 0.6 is 0 Å². The second-order valence-corrected chi connectivity index (χ2v) is 8.71. The molecular formula is C26H21F6N5O. The Bertz CT molecular complexity index is 1330. The minimum atomic E-state index is -4.91. The maximum atomic E-state index is 13.6. The van der Waals surface area contributed by atoms with Gasteiger partial charge in [-0.05, 0) is 49.1 Å². The van der Waals surface area contributed by atoms with Crippen LogP contribution in [-0.2, 0) is 23.6 Å². The molecule has 1 aliphatic rings. The van der Waals surface area contributed by atoms with Crippen LogP contribution in [0.4, 0.5) is 32.2 Å². The van der Waals surface area contributed by atoms with E-state index in [1.807, 2.05) is 6.07 Å². The van der Waals surface area contributed by atoms with Crippen molar-refractivity contribution in [1.82, 2.24) is 15.3 Å². The standard InChI is InChI=1S/C26H21F6N5O/c27-25(28,29)19-9-7-18(8-10-19)20-14-22(36-24(35-20)26(30,31)32)37-13-1-2-21(37)23(38)34-12-11-16-3-5-17(15-33)6-4-16/h3-10,14,21H,1-2,11-13H2,(H,34,38). The van der Waals surface area contributed by atoms with Gasteiger partial charge in [0.05, 0.1) is 22.9 Å². The van der Waals surface area contributed by atoms with Crippen LogP contribution in [0.15, 0.2) is 54.6 Å². The number of alkyl halides is 6. The van der Waals surface area contributed by atoms with E-state index >= 15 is 0 Å². The predicted octanol–water partition coefficient (Wildman–Crippen LogP) is 5.38. The van der Waals surface area contributed by atoms with Crippen LogP contribution in [0, 0.1) is 11.3 Å². The van der Waals surface area contributed by atoms with Crippen LogP contribution in [-0.4, -0.2) is 35.0 Å². The van der Waals surface area contributed by atoms with Gasteiger partial charge in [-0.2, -0.15) is 31.6 Å². The highest BCUT2D eigenvalue weighted by atomic mass is 19.4. The fraction of sp³-hybridized carbons (Fsp3) is 0.308. The van der Waals surface area contributed by atoms with E-state index in [0.29, 0.717) is 24.8 Å². The molecular weight excluding hydrogens is 512 g/mol. The zero-order chi connectivity index (χ0) is 27.5. The third-order valence-electron chi connectivity index (χ3n) is 6.12. The molecule has 0 saturated carbocycles. The maximum absolute atomic E-state index is 13.6. The molecule has 1 saturated heterocycles. The van der Waals surface area contributed by atoms with Crippen molar-refractivity contribution in [3.63, 3.8) is 0 Å². The summed E-state index contributed by atoms with van der Waals surface area (Å²) in [5.41, 5.74) is 0.319. The topological polar surface area (TPSA) is 81.9 Å². The van der Waals surface area contributed by atoms with E-state index in [2.05, 4.69) is 15.3 Å². The molecule has 2 aromatic carbocycles. The molecule has 12 heteroatoms. The van der Waals surface area contributed by atoms with Gasteiger partial charge in [-0.25, -0.2) is 9.97 Å². The van der Waals surface area contributed by atoms with E-state index in [-0.39, 0.29) is 36.1 Å². The van der Waals surface area contributed by atoms with Gasteiger partial charge in [-0.3, -0.25) is 4.79 Å². The molecule has 1 fully saturated rings. The lowest BCUT2D eigenvalue weighted by Crippen LogP contribution is -2.44. The van der Waals surface area contributed by atoms with E-state index in [1.165, 1.54) is 11.0 Å². The van der Waals surface area contributed by atoms with Crippen molar-refractivity contribution in [3.8, 4) is 17.3 Å². The van der Waals surface area contributed by atoms with Crippen LogP contribution in [0.5, 0.6) is 0 Å². The van der Waals surface area contributed by atoms with Gasteiger partial charge in [0.15, 0.2) is 0 Å². The van der Waals surface area contributed by atoms with Crippen LogP contribution in [0.2, 0.25) is 0 Å². The maximum Gasteiger partial charge on any atom is 0.451 e. The number of nitrogens with zero attached hydrogens (tertiary/aromatic N) is 4. The summed E-state index contributed by atoms with van der Waals surface area (Å²) in [6.07, 6.45) is -8.08. The second kappa shape index (κ2) is 10.7. The summed E-state index contributed by atoms with van der Waals surface area (Å²) >= 11 is 0. The lowest BCUT2D eigenvalue weighted by Gasteiger charge is -2.26. The van der Waals surface area contributed by atoms with Gasteiger partial charge in [0.2, 0.25) is 11.7 Å². The van der Waals surface area contributed by atoms with Gasteiger partial charge in [-0.1, -0.05) is 24.3 Å². The van der Waals surface area contributed by atoms with Crippen LogP contribution < -0.4 is 10.2 Å². The Balaban J connectivity index is 1.54. The number of benzene rings is 2. The molecule has 0 spiro atoms. The highest BCUT2D eigenvalue weighted by Gasteiger charge is 2.38. The van der Waals surface area contributed by atoms with E-state index in [1.54, 1.807) is 24.3 Å². The van der Waals surface area contributed by atoms with Crippen molar-refractivity contribution in [3.05, 3.63) is 77.1 Å². The Labute approximate surface area is 213 Å². The molecule has 1 atom stereocenters. The van der Waals surface area contributed by atoms with Gasteiger partial charge in [-0.15, -0.1) is 0 Å². The predicted molar refractivity (Wildman–Crippen MR) is 126 cm³/mol. The number of hydrogen-bond donors (Lipinski definition) is 1. The quantitative estimate of drug-likeness (QED) is 0.431. The number of carbonyl (C=O) groups is 1. The zero-order valence-electron chi connectivity index (χ0n) is 19.8. The van der Waals surface area contributed by atoms with Crippen molar-refractivity contribution in [2.45, 2.75) is 37.7 Å². The van der Waals surface area contributed by atoms with Gasteiger partial charge >= 0.3 is 12.4 Å². The molecule has 4 rings (SSSR count). The van der Waals surface area contributed by atoms with Gasteiger partial charge in [0, 0.05) is 24.7 Å². The molecule has 1 aliphatic heterocycles. The monoisotopic (exact) mass is 533 g/mol. The first-order chi connectivity index (χ1) is 18.0. The Hall–Kier alpha value is -4.14. The number of aromatic nitrogens is 2. The first-order valence-corrected chi connectivity index (χ1v) is 11.6. The molecule has 3 aromatic rings. The summed E-state index contributed by atoms with van der Waals surface area (Å²) in [7, 11) is 0. The first kappa shape index (κ1) is 26.9. The summed E-state index contributed by atoms with van der Waals surface area (Å²) in [6, 6.07) is 13.0. The summed E-state index contributed by atoms with van der Waals surface area (Å²) in [5, 5.41) is 11.7. The zero-order valence-corrected chi connectivity index (χ0v) is 19.8. The number of anilines is 1. The number of rotatable bonds is 6. The van der Waals surface area contributed by atoms with Crippen molar-refractivity contribution < 1.29 is 31.1 Å². The summed E-state index contributed by atoms with van der Waals surface area (Å²) < 4.78 is 79.6. The van der Waals surface area contributed by atoms with E-state index in [4.69, 9.17) is 5.26 Å². The van der Waals surface area contributed by atoms with E-state index in [9.17, 15) is 31.1 Å². The van der Waals surface area contributed by atoms with Crippen molar-refractivity contribution in [2.24, 2.45) is 0 Å². The normalized spacial score (nSPS) is 15.8. The summed E-state index contributed by atoms with van der Waals surface area (Å²) in [4.78, 5) is 21.6. The van der Waals surface area contributed by atoms with Crippen molar-refractivity contribution >= 4 is 11.7 Å². The summed E-state index contributed by atoms with van der Waals surface area (Å²) in [5.74, 6) is -1.96. The Morgan fingerprint density at radius 1 is 1.00 bits per heavy atom. The molecule has 198 valence electrons. The molecule has 0 bridgehead atoms. The smallest absolute Gasteiger partial charge is 0.354 e. The molecule has 1 aromatic heterocycles. The summed E-state index contributed by atoms with van der Waals surface area (Å²) in [6.45, 7) is 0.553. The number of hydrogen-bond acceptors (Lipinski definition) is 5. The lowest BCUT2D eigenvalue weighted by molar-refractivity contribution is -0.144. The van der Waals surface area contributed by atoms with Gasteiger partial charge in [0.1, 0.15) is 11.9 Å². The fourth-order valence-corrected chi connectivity index (χ4v) is 4.19. The van der Waals surface area contributed by atoms with Crippen LogP contribution in [0.3, 0.4) is 0 Å². The number of carbonyl (C=O) groups excluding carboxylic acids is 1. The highest BCUT2D eigenvalue weighted by Crippen LogP contribution is 2.35. The Kier molecular flexibility index (Phi) is 7.57. The van der Waals surface area contributed by atoms with Crippen molar-refractivity contribution in [2.75, 3.05) is 18.0 Å². The second-order valence-electron chi connectivity index (χ2n) is 8.71. The highest BCUT2D eigenvalue weighted by molar-refractivity contribution is 5.85. The van der Waals surface area contributed by atoms with Gasteiger partial charge in [0.25, 0.3) is 0 Å². The molecule has 1 N–H and O–H groups in total. The molecule has 6 nitrogen and oxygen atoms in total. The number of nitriles is 1. The third-order valence-corrected chi connectivity index (χ3v) is 6.12. The minimum absolute atomic E-state index is 0.0507. The first-order valence-electron chi connectivity index (χ1n) is 11.6. The fourth-order valence-electron chi connectivity index (χ4n) is 4.19. The van der Waals surface area contributed by atoms with E-state index < -0.39 is 29.8 Å². The lowest BCUT2D eigenvalue weighted by atomic mass is 10.1. The molecule has 0 radical (unpaired) electrons. The number of nitrogens with one attached hydrogen (secondary N) is 1. The average Bonchev–Trinajstić information content (AvgIpc) is 3.38. The Morgan fingerprint density at radius 2 is 1.68 bits per heavy atom. The van der Waals surface area contributed by atoms with Crippen LogP contribution in [0.1, 0.15) is 35.4 Å². The number of halogens is 6.